The Labute approximate surface area is 166 Å². The molecule has 0 radical (unpaired) electrons. The van der Waals surface area contributed by atoms with E-state index in [0.29, 0.717) is 37.2 Å². The lowest BCUT2D eigenvalue weighted by Crippen LogP contribution is -2.32. The van der Waals surface area contributed by atoms with Crippen LogP contribution in [0.3, 0.4) is 0 Å². The van der Waals surface area contributed by atoms with Gasteiger partial charge in [-0.25, -0.2) is 4.79 Å². The van der Waals surface area contributed by atoms with Crippen molar-refractivity contribution >= 4 is 49.8 Å². The Kier molecular flexibility index (Phi) is 4.98. The molecule has 3 rings (SSSR count). The van der Waals surface area contributed by atoms with Gasteiger partial charge in [-0.15, -0.1) is 0 Å². The van der Waals surface area contributed by atoms with Crippen molar-refractivity contribution in [1.29, 1.82) is 0 Å². The van der Waals surface area contributed by atoms with Gasteiger partial charge in [0.15, 0.2) is 0 Å². The fraction of sp³-hybridized carbons (Fsp3) is 0.222. The van der Waals surface area contributed by atoms with E-state index in [2.05, 4.69) is 42.5 Å². The monoisotopic (exact) mass is 482 g/mol. The number of rotatable bonds is 3. The first-order valence-corrected chi connectivity index (χ1v) is 9.45. The molecule has 0 saturated carbocycles. The van der Waals surface area contributed by atoms with Crippen LogP contribution in [0.1, 0.15) is 25.8 Å². The lowest BCUT2D eigenvalue weighted by molar-refractivity contribution is -0.132. The van der Waals surface area contributed by atoms with Crippen molar-refractivity contribution in [3.8, 4) is 5.75 Å². The summed E-state index contributed by atoms with van der Waals surface area (Å²) in [7, 11) is 0. The maximum Gasteiger partial charge on any atom is 0.338 e. The number of phenolic OH excluding ortho intramolecular Hbond substituents is 1. The Bertz CT molecular complexity index is 906. The standard InChI is InChI=1S/C18H16Br2N2O4/c1-7(2)15-14(18(25)26)9(10-6-13(23)21-17(10)22-15)3-8-4-11(19)16(24)12(20)5-8/h3-5,7,22,24H,6H2,1-2H3,(H,21,23)(H,25,26). The molecular formula is C18H16Br2N2O4. The Balaban J connectivity index is 2.23. The third kappa shape index (κ3) is 3.31. The third-order valence-electron chi connectivity index (χ3n) is 4.17. The summed E-state index contributed by atoms with van der Waals surface area (Å²) in [6, 6.07) is 3.38. The highest BCUT2D eigenvalue weighted by molar-refractivity contribution is 9.11. The van der Waals surface area contributed by atoms with Crippen LogP contribution in [0.15, 0.2) is 49.3 Å². The van der Waals surface area contributed by atoms with E-state index in [1.54, 1.807) is 18.2 Å². The summed E-state index contributed by atoms with van der Waals surface area (Å²) in [4.78, 5) is 23.9. The highest BCUT2D eigenvalue weighted by atomic mass is 79.9. The third-order valence-corrected chi connectivity index (χ3v) is 5.38. The molecule has 1 aromatic rings. The lowest BCUT2D eigenvalue weighted by Gasteiger charge is -2.26. The predicted octanol–water partition coefficient (Wildman–Crippen LogP) is 3.63. The van der Waals surface area contributed by atoms with Crippen LogP contribution in [0.2, 0.25) is 0 Å². The highest BCUT2D eigenvalue weighted by Crippen LogP contribution is 2.39. The number of dihydropyridines is 1. The lowest BCUT2D eigenvalue weighted by atomic mass is 9.87. The molecule has 0 unspecified atom stereocenters. The van der Waals surface area contributed by atoms with Gasteiger partial charge in [0, 0.05) is 11.3 Å². The largest absolute Gasteiger partial charge is 0.506 e. The number of phenols is 1. The average Bonchev–Trinajstić information content (AvgIpc) is 2.92. The predicted molar refractivity (Wildman–Crippen MR) is 104 cm³/mol. The van der Waals surface area contributed by atoms with Crippen LogP contribution in [0.25, 0.3) is 6.08 Å². The fourth-order valence-corrected chi connectivity index (χ4v) is 4.22. The number of aliphatic carboxylic acids is 1. The van der Waals surface area contributed by atoms with Crippen LogP contribution in [0, 0.1) is 5.92 Å². The van der Waals surface area contributed by atoms with Gasteiger partial charge in [-0.1, -0.05) is 13.8 Å². The number of carbonyl (C=O) groups excluding carboxylic acids is 1. The average molecular weight is 484 g/mol. The topological polar surface area (TPSA) is 98.7 Å². The molecule has 0 atom stereocenters. The molecule has 8 heteroatoms. The molecule has 0 bridgehead atoms. The number of carboxylic acid groups (broad SMARTS) is 1. The van der Waals surface area contributed by atoms with E-state index in [1.807, 2.05) is 13.8 Å². The summed E-state index contributed by atoms with van der Waals surface area (Å²) >= 11 is 6.56. The molecule has 136 valence electrons. The number of hydrogen-bond donors (Lipinski definition) is 4. The molecule has 1 aromatic carbocycles. The summed E-state index contributed by atoms with van der Waals surface area (Å²) < 4.78 is 0.958. The summed E-state index contributed by atoms with van der Waals surface area (Å²) in [6.45, 7) is 3.78. The normalized spacial score (nSPS) is 18.3. The number of carboxylic acids is 1. The number of carbonyl (C=O) groups is 2. The van der Waals surface area contributed by atoms with Crippen LogP contribution in [0.5, 0.6) is 5.75 Å². The van der Waals surface area contributed by atoms with Crippen molar-refractivity contribution in [2.24, 2.45) is 5.92 Å². The minimum absolute atomic E-state index is 0.0620. The van der Waals surface area contributed by atoms with Crippen LogP contribution >= 0.6 is 31.9 Å². The first-order chi connectivity index (χ1) is 12.2. The number of benzene rings is 1. The van der Waals surface area contributed by atoms with E-state index in [9.17, 15) is 19.8 Å². The van der Waals surface area contributed by atoms with E-state index in [0.717, 1.165) is 0 Å². The second kappa shape index (κ2) is 6.92. The molecule has 0 saturated heterocycles. The van der Waals surface area contributed by atoms with Gasteiger partial charge >= 0.3 is 5.97 Å². The quantitative estimate of drug-likeness (QED) is 0.526. The Hall–Kier alpha value is -2.06. The minimum Gasteiger partial charge on any atom is -0.506 e. The number of nitrogens with one attached hydrogen (secondary N) is 2. The minimum atomic E-state index is -1.06. The zero-order valence-corrected chi connectivity index (χ0v) is 17.2. The van der Waals surface area contributed by atoms with Gasteiger partial charge in [0.1, 0.15) is 11.6 Å². The molecule has 26 heavy (non-hydrogen) atoms. The molecule has 0 fully saturated rings. The molecule has 1 amide bonds. The van der Waals surface area contributed by atoms with Gasteiger partial charge < -0.3 is 20.8 Å². The zero-order valence-electron chi connectivity index (χ0n) is 14.0. The Morgan fingerprint density at radius 1 is 1.23 bits per heavy atom. The van der Waals surface area contributed by atoms with Crippen molar-refractivity contribution in [1.82, 2.24) is 10.6 Å². The maximum atomic E-state index is 12.0. The second-order valence-electron chi connectivity index (χ2n) is 6.34. The van der Waals surface area contributed by atoms with Gasteiger partial charge in [-0.05, 0) is 67.1 Å². The van der Waals surface area contributed by atoms with Crippen molar-refractivity contribution in [3.63, 3.8) is 0 Å². The summed E-state index contributed by atoms with van der Waals surface area (Å²) in [5, 5.41) is 25.5. The first-order valence-electron chi connectivity index (χ1n) is 7.87. The van der Waals surface area contributed by atoms with Gasteiger partial charge in [0.25, 0.3) is 0 Å². The van der Waals surface area contributed by atoms with Gasteiger partial charge in [0.2, 0.25) is 5.91 Å². The first kappa shape index (κ1) is 18.7. The number of allylic oxidation sites excluding steroid dienone is 1. The molecule has 6 nitrogen and oxygen atoms in total. The second-order valence-corrected chi connectivity index (χ2v) is 8.05. The molecular weight excluding hydrogens is 468 g/mol. The molecule has 2 heterocycles. The van der Waals surface area contributed by atoms with Crippen LogP contribution in [-0.2, 0) is 9.59 Å². The van der Waals surface area contributed by atoms with E-state index >= 15 is 0 Å². The van der Waals surface area contributed by atoms with Crippen molar-refractivity contribution in [3.05, 3.63) is 54.9 Å². The fourth-order valence-electron chi connectivity index (χ4n) is 3.00. The van der Waals surface area contributed by atoms with Crippen molar-refractivity contribution < 1.29 is 19.8 Å². The van der Waals surface area contributed by atoms with E-state index in [1.165, 1.54) is 0 Å². The van der Waals surface area contributed by atoms with Crippen LogP contribution in [0.4, 0.5) is 0 Å². The number of amides is 1. The van der Waals surface area contributed by atoms with Crippen LogP contribution < -0.4 is 10.6 Å². The van der Waals surface area contributed by atoms with Gasteiger partial charge in [-0.2, -0.15) is 0 Å². The SMILES string of the molecule is CC(C)C1=C(C(=O)O)C(=Cc2cc(Br)c(O)c(Br)c2)C2=C(NC(=O)C2)N1. The van der Waals surface area contributed by atoms with Gasteiger partial charge in [0.05, 0.1) is 20.9 Å². The summed E-state index contributed by atoms with van der Waals surface area (Å²) in [5.74, 6) is -0.723. The van der Waals surface area contributed by atoms with E-state index in [4.69, 9.17) is 0 Å². The number of aromatic hydroxyl groups is 1. The summed E-state index contributed by atoms with van der Waals surface area (Å²) in [5.41, 5.74) is 2.48. The van der Waals surface area contributed by atoms with E-state index < -0.39 is 5.97 Å². The Morgan fingerprint density at radius 2 is 1.85 bits per heavy atom. The molecule has 2 aliphatic rings. The Morgan fingerprint density at radius 3 is 2.38 bits per heavy atom. The zero-order chi connectivity index (χ0) is 19.2. The van der Waals surface area contributed by atoms with Crippen molar-refractivity contribution in [2.75, 3.05) is 0 Å². The molecule has 0 aliphatic carbocycles. The van der Waals surface area contributed by atoms with Gasteiger partial charge in [-0.3, -0.25) is 4.79 Å². The molecule has 0 spiro atoms. The summed E-state index contributed by atoms with van der Waals surface area (Å²) in [6.07, 6.45) is 1.83. The smallest absolute Gasteiger partial charge is 0.338 e. The van der Waals surface area contributed by atoms with E-state index in [-0.39, 0.29) is 29.6 Å². The molecule has 4 N–H and O–H groups in total. The highest BCUT2D eigenvalue weighted by Gasteiger charge is 2.35. The van der Waals surface area contributed by atoms with Crippen LogP contribution in [-0.4, -0.2) is 22.1 Å². The number of hydrogen-bond acceptors (Lipinski definition) is 4. The molecule has 2 aliphatic heterocycles. The van der Waals surface area contributed by atoms with Crippen molar-refractivity contribution in [2.45, 2.75) is 20.3 Å². The number of halogens is 2. The molecule has 0 aromatic heterocycles. The maximum absolute atomic E-state index is 12.0.